The maximum absolute atomic E-state index is 14.0. The van der Waals surface area contributed by atoms with E-state index < -0.39 is 17.5 Å². The van der Waals surface area contributed by atoms with Crippen LogP contribution in [0.2, 0.25) is 0 Å². The molecule has 0 aliphatic heterocycles. The van der Waals surface area contributed by atoms with Crippen molar-refractivity contribution in [2.75, 3.05) is 0 Å². The second kappa shape index (κ2) is 9.75. The first kappa shape index (κ1) is 21.7. The lowest BCUT2D eigenvalue weighted by Crippen LogP contribution is -2.17. The highest BCUT2D eigenvalue weighted by Gasteiger charge is 2.25. The van der Waals surface area contributed by atoms with Crippen LogP contribution in [-0.4, -0.2) is 0 Å². The summed E-state index contributed by atoms with van der Waals surface area (Å²) < 4.78 is 41.1. The molecule has 2 aromatic carbocycles. The topological polar surface area (TPSA) is 0 Å². The number of fused-ring (bicyclic) bond motifs is 1. The highest BCUT2D eigenvalue weighted by molar-refractivity contribution is 5.84. The highest BCUT2D eigenvalue weighted by atomic mass is 19.2. The molecule has 2 aromatic rings. The van der Waals surface area contributed by atoms with Crippen LogP contribution < -0.4 is 0 Å². The van der Waals surface area contributed by atoms with Crippen molar-refractivity contribution in [1.29, 1.82) is 0 Å². The largest absolute Gasteiger partial charge is 0.204 e. The van der Waals surface area contributed by atoms with Crippen LogP contribution in [0.25, 0.3) is 10.8 Å². The Hall–Kier alpha value is -1.51. The van der Waals surface area contributed by atoms with Gasteiger partial charge in [-0.15, -0.1) is 0 Å². The molecule has 0 amide bonds. The maximum Gasteiger partial charge on any atom is 0.195 e. The molecular weight excluding hydrogens is 381 g/mol. The first-order chi connectivity index (χ1) is 14.5. The van der Waals surface area contributed by atoms with E-state index >= 15 is 0 Å². The summed E-state index contributed by atoms with van der Waals surface area (Å²) in [4.78, 5) is 0. The third kappa shape index (κ3) is 4.86. The van der Waals surface area contributed by atoms with Gasteiger partial charge in [-0.25, -0.2) is 13.2 Å². The van der Waals surface area contributed by atoms with Gasteiger partial charge in [0.15, 0.2) is 17.5 Å². The van der Waals surface area contributed by atoms with Gasteiger partial charge in [0, 0.05) is 5.39 Å². The van der Waals surface area contributed by atoms with Gasteiger partial charge in [-0.3, -0.25) is 0 Å². The number of hydrogen-bond acceptors (Lipinski definition) is 0. The number of rotatable bonds is 6. The molecule has 30 heavy (non-hydrogen) atoms. The minimum Gasteiger partial charge on any atom is -0.204 e. The Balaban J connectivity index is 1.28. The first-order valence-corrected chi connectivity index (χ1v) is 12.1. The van der Waals surface area contributed by atoms with Crippen molar-refractivity contribution in [3.63, 3.8) is 0 Å². The summed E-state index contributed by atoms with van der Waals surface area (Å²) in [7, 11) is 0. The Bertz CT molecular complexity index is 843. The Kier molecular flexibility index (Phi) is 7.05. The number of hydrogen-bond donors (Lipinski definition) is 0. The molecule has 0 spiro atoms. The molecule has 0 radical (unpaired) electrons. The van der Waals surface area contributed by atoms with E-state index in [1.807, 2.05) is 12.1 Å². The molecule has 0 heterocycles. The van der Waals surface area contributed by atoms with Gasteiger partial charge in [-0.2, -0.15) is 0 Å². The van der Waals surface area contributed by atoms with E-state index in [2.05, 4.69) is 6.92 Å². The molecule has 3 heteroatoms. The predicted octanol–water partition coefficient (Wildman–Crippen LogP) is 8.92. The molecule has 164 valence electrons. The highest BCUT2D eigenvalue weighted by Crippen LogP contribution is 2.41. The van der Waals surface area contributed by atoms with Crippen molar-refractivity contribution in [2.45, 2.75) is 89.9 Å². The van der Waals surface area contributed by atoms with Gasteiger partial charge in [0.05, 0.1) is 0 Å². The molecule has 0 bridgehead atoms. The molecule has 0 nitrogen and oxygen atoms in total. The van der Waals surface area contributed by atoms with Gasteiger partial charge >= 0.3 is 0 Å². The van der Waals surface area contributed by atoms with Crippen LogP contribution in [0.3, 0.4) is 0 Å². The van der Waals surface area contributed by atoms with Crippen LogP contribution in [0.5, 0.6) is 0 Å². The predicted molar refractivity (Wildman–Crippen MR) is 118 cm³/mol. The Morgan fingerprint density at radius 2 is 1.27 bits per heavy atom. The maximum atomic E-state index is 14.0. The van der Waals surface area contributed by atoms with Crippen LogP contribution in [0.1, 0.15) is 95.5 Å². The van der Waals surface area contributed by atoms with Crippen LogP contribution >= 0.6 is 0 Å². The second-order valence-corrected chi connectivity index (χ2v) is 9.94. The van der Waals surface area contributed by atoms with E-state index in [0.717, 1.165) is 42.2 Å². The van der Waals surface area contributed by atoms with Gasteiger partial charge in [0.2, 0.25) is 0 Å². The molecule has 0 N–H and O–H groups in total. The third-order valence-electron chi connectivity index (χ3n) is 7.96. The lowest BCUT2D eigenvalue weighted by molar-refractivity contribution is 0.224. The van der Waals surface area contributed by atoms with Crippen molar-refractivity contribution in [1.82, 2.24) is 0 Å². The summed E-state index contributed by atoms with van der Waals surface area (Å²) >= 11 is 0. The number of benzene rings is 2. The lowest BCUT2D eigenvalue weighted by Gasteiger charge is -2.32. The lowest BCUT2D eigenvalue weighted by atomic mass is 9.74. The van der Waals surface area contributed by atoms with Crippen molar-refractivity contribution >= 4 is 10.8 Å². The van der Waals surface area contributed by atoms with E-state index in [1.54, 1.807) is 6.07 Å². The Morgan fingerprint density at radius 3 is 1.87 bits per heavy atom. The summed E-state index contributed by atoms with van der Waals surface area (Å²) in [6.45, 7) is 2.30. The van der Waals surface area contributed by atoms with Gasteiger partial charge in [0.1, 0.15) is 0 Å². The van der Waals surface area contributed by atoms with E-state index in [0.29, 0.717) is 11.3 Å². The van der Waals surface area contributed by atoms with Crippen LogP contribution in [0.4, 0.5) is 13.2 Å². The summed E-state index contributed by atoms with van der Waals surface area (Å²) in [6.07, 6.45) is 16.1. The molecule has 0 atom stereocenters. The second-order valence-electron chi connectivity index (χ2n) is 9.94. The van der Waals surface area contributed by atoms with Gasteiger partial charge in [-0.1, -0.05) is 76.5 Å². The normalized spacial score (nSPS) is 27.5. The van der Waals surface area contributed by atoms with Gasteiger partial charge < -0.3 is 0 Å². The summed E-state index contributed by atoms with van der Waals surface area (Å²) in [5.41, 5.74) is 1.14. The molecule has 2 fully saturated rings. The quantitative estimate of drug-likeness (QED) is 0.412. The molecular formula is C27H35F3. The fraction of sp³-hybridized carbons (Fsp3) is 0.630. The molecule has 0 saturated heterocycles. The first-order valence-electron chi connectivity index (χ1n) is 12.1. The standard InChI is InChI=1S/C27H35F3/c1-2-3-18-4-6-19(7-5-18)8-9-20-10-12-21(13-11-20)22-14-15-24-23(16-22)17-25(28)27(30)26(24)29/h14-21H,2-13H2,1H3. The molecule has 0 aromatic heterocycles. The fourth-order valence-corrected chi connectivity index (χ4v) is 6.05. The SMILES string of the molecule is CCCC1CCC(CCC2CCC(c3ccc4c(F)c(F)c(F)cc4c3)CC2)CC1. The van der Waals surface area contributed by atoms with Crippen molar-refractivity contribution < 1.29 is 13.2 Å². The Labute approximate surface area is 179 Å². The van der Waals surface area contributed by atoms with Gasteiger partial charge in [-0.05, 0) is 66.4 Å². The van der Waals surface area contributed by atoms with Crippen molar-refractivity contribution in [3.8, 4) is 0 Å². The minimum atomic E-state index is -1.38. The van der Waals surface area contributed by atoms with Crippen molar-refractivity contribution in [3.05, 3.63) is 47.3 Å². The third-order valence-corrected chi connectivity index (χ3v) is 7.96. The molecule has 2 aliphatic carbocycles. The zero-order chi connectivity index (χ0) is 21.1. The van der Waals surface area contributed by atoms with Crippen LogP contribution in [-0.2, 0) is 0 Å². The fourth-order valence-electron chi connectivity index (χ4n) is 6.05. The summed E-state index contributed by atoms with van der Waals surface area (Å²) in [5.74, 6) is -0.350. The molecule has 2 saturated carbocycles. The average molecular weight is 417 g/mol. The van der Waals surface area contributed by atoms with E-state index in [-0.39, 0.29) is 5.39 Å². The van der Waals surface area contributed by atoms with Crippen LogP contribution in [0, 0.1) is 35.2 Å². The van der Waals surface area contributed by atoms with Gasteiger partial charge in [0.25, 0.3) is 0 Å². The minimum absolute atomic E-state index is 0.167. The summed E-state index contributed by atoms with van der Waals surface area (Å²) in [5, 5.41) is 0.629. The van der Waals surface area contributed by atoms with E-state index in [9.17, 15) is 13.2 Å². The van der Waals surface area contributed by atoms with Crippen LogP contribution in [0.15, 0.2) is 24.3 Å². The van der Waals surface area contributed by atoms with E-state index in [1.165, 1.54) is 64.2 Å². The molecule has 2 aliphatic rings. The molecule has 0 unspecified atom stereocenters. The zero-order valence-corrected chi connectivity index (χ0v) is 18.2. The average Bonchev–Trinajstić information content (AvgIpc) is 2.77. The van der Waals surface area contributed by atoms with Crippen molar-refractivity contribution in [2.24, 2.45) is 17.8 Å². The number of halogens is 3. The zero-order valence-electron chi connectivity index (χ0n) is 18.2. The Morgan fingerprint density at radius 1 is 0.700 bits per heavy atom. The smallest absolute Gasteiger partial charge is 0.195 e. The molecule has 4 rings (SSSR count). The monoisotopic (exact) mass is 416 g/mol. The van der Waals surface area contributed by atoms with E-state index in [4.69, 9.17) is 0 Å². The summed E-state index contributed by atoms with van der Waals surface area (Å²) in [6, 6.07) is 6.50.